The number of rotatable bonds is 9. The fourth-order valence-corrected chi connectivity index (χ4v) is 3.12. The van der Waals surface area contributed by atoms with Crippen molar-refractivity contribution in [2.45, 2.75) is 52.2 Å². The number of hydrogen-bond donors (Lipinski definition) is 2. The number of anilines is 2. The molecule has 1 saturated heterocycles. The Balaban J connectivity index is 1.77. The van der Waals surface area contributed by atoms with Crippen molar-refractivity contribution in [3.8, 4) is 0 Å². The first kappa shape index (κ1) is 21.4. The van der Waals surface area contributed by atoms with Gasteiger partial charge in [0.2, 0.25) is 0 Å². The maximum Gasteiger partial charge on any atom is 0.319 e. The summed E-state index contributed by atoms with van der Waals surface area (Å²) in [4.78, 5) is 13.9. The summed E-state index contributed by atoms with van der Waals surface area (Å²) in [6.45, 7) is 9.28. The smallest absolute Gasteiger partial charge is 0.319 e. The van der Waals surface area contributed by atoms with Crippen LogP contribution in [0.4, 0.5) is 20.6 Å². The van der Waals surface area contributed by atoms with E-state index in [0.29, 0.717) is 37.6 Å². The molecule has 1 aliphatic heterocycles. The summed E-state index contributed by atoms with van der Waals surface area (Å²) in [7, 11) is 0. The van der Waals surface area contributed by atoms with Crippen LogP contribution in [0.3, 0.4) is 0 Å². The minimum atomic E-state index is -0.349. The van der Waals surface area contributed by atoms with E-state index in [-0.39, 0.29) is 24.1 Å². The van der Waals surface area contributed by atoms with Crippen molar-refractivity contribution in [1.29, 1.82) is 0 Å². The molecule has 0 radical (unpaired) electrons. The van der Waals surface area contributed by atoms with Crippen molar-refractivity contribution >= 4 is 17.4 Å². The van der Waals surface area contributed by atoms with Crippen LogP contribution in [-0.2, 0) is 9.47 Å². The summed E-state index contributed by atoms with van der Waals surface area (Å²) in [6, 6.07) is 4.44. The van der Waals surface area contributed by atoms with Crippen LogP contribution in [0.2, 0.25) is 0 Å². The number of benzene rings is 1. The van der Waals surface area contributed by atoms with Crippen LogP contribution in [0.1, 0.15) is 40.0 Å². The van der Waals surface area contributed by atoms with E-state index in [0.717, 1.165) is 25.9 Å². The molecule has 1 fully saturated rings. The molecule has 7 heteroatoms. The number of carbonyl (C=O) groups excluding carboxylic acids is 1. The second-order valence-electron chi connectivity index (χ2n) is 7.03. The monoisotopic (exact) mass is 381 g/mol. The molecular formula is C20H32FN3O3. The number of urea groups is 1. The highest BCUT2D eigenvalue weighted by molar-refractivity contribution is 5.89. The highest BCUT2D eigenvalue weighted by Crippen LogP contribution is 2.26. The quantitative estimate of drug-likeness (QED) is 0.639. The third-order valence-corrected chi connectivity index (χ3v) is 4.36. The zero-order valence-electron chi connectivity index (χ0n) is 16.6. The predicted octanol–water partition coefficient (Wildman–Crippen LogP) is 3.77. The first-order valence-electron chi connectivity index (χ1n) is 9.82. The van der Waals surface area contributed by atoms with Gasteiger partial charge in [-0.05, 0) is 44.9 Å². The number of unbranched alkanes of at least 4 members (excludes halogenated alkanes) is 1. The lowest BCUT2D eigenvalue weighted by Crippen LogP contribution is -2.45. The van der Waals surface area contributed by atoms with Gasteiger partial charge in [-0.15, -0.1) is 0 Å². The van der Waals surface area contributed by atoms with Crippen LogP contribution in [0.5, 0.6) is 0 Å². The molecule has 0 aromatic heterocycles. The number of ether oxygens (including phenoxy) is 2. The number of nitrogens with zero attached hydrogens (tertiary/aromatic N) is 1. The van der Waals surface area contributed by atoms with Crippen molar-refractivity contribution in [2.75, 3.05) is 43.1 Å². The number of nitrogens with one attached hydrogen (secondary N) is 2. The lowest BCUT2D eigenvalue weighted by Gasteiger charge is -2.37. The number of hydrogen-bond acceptors (Lipinski definition) is 4. The Morgan fingerprint density at radius 3 is 2.63 bits per heavy atom. The van der Waals surface area contributed by atoms with E-state index in [9.17, 15) is 9.18 Å². The minimum Gasteiger partial charge on any atom is -0.381 e. The maximum atomic E-state index is 14.5. The topological polar surface area (TPSA) is 62.8 Å². The van der Waals surface area contributed by atoms with Crippen molar-refractivity contribution in [3.05, 3.63) is 24.0 Å². The summed E-state index contributed by atoms with van der Waals surface area (Å²) in [5.41, 5.74) is 0.967. The Bertz CT molecular complexity index is 590. The summed E-state index contributed by atoms with van der Waals surface area (Å²) < 4.78 is 25.7. The second-order valence-corrected chi connectivity index (χ2v) is 7.03. The van der Waals surface area contributed by atoms with Crippen molar-refractivity contribution in [1.82, 2.24) is 5.32 Å². The van der Waals surface area contributed by atoms with Crippen molar-refractivity contribution < 1.29 is 18.7 Å². The number of amides is 2. The Morgan fingerprint density at radius 2 is 1.96 bits per heavy atom. The van der Waals surface area contributed by atoms with E-state index in [4.69, 9.17) is 9.47 Å². The van der Waals surface area contributed by atoms with Gasteiger partial charge in [-0.25, -0.2) is 9.18 Å². The first-order valence-corrected chi connectivity index (χ1v) is 9.82. The molecule has 1 aliphatic rings. The molecule has 27 heavy (non-hydrogen) atoms. The van der Waals surface area contributed by atoms with E-state index in [2.05, 4.69) is 17.6 Å². The van der Waals surface area contributed by atoms with Gasteiger partial charge in [0.1, 0.15) is 5.82 Å². The molecule has 2 unspecified atom stereocenters. The summed E-state index contributed by atoms with van der Waals surface area (Å²) >= 11 is 0. The second kappa shape index (κ2) is 11.1. The molecule has 2 amide bonds. The van der Waals surface area contributed by atoms with Crippen LogP contribution in [-0.4, -0.2) is 51.1 Å². The number of halogens is 1. The summed E-state index contributed by atoms with van der Waals surface area (Å²) in [5.74, 6) is -0.349. The molecule has 2 N–H and O–H groups in total. The van der Waals surface area contributed by atoms with Gasteiger partial charge in [-0.2, -0.15) is 0 Å². The Labute approximate surface area is 161 Å². The first-order chi connectivity index (χ1) is 13.0. The molecule has 0 bridgehead atoms. The maximum absolute atomic E-state index is 14.5. The molecule has 6 nitrogen and oxygen atoms in total. The van der Waals surface area contributed by atoms with E-state index in [1.807, 2.05) is 18.7 Å². The standard InChI is InChI=1S/C20H32FN3O3/c1-4-5-10-26-11-6-9-22-20(25)23-17-7-8-19(18(21)12-17)24-13-15(2)27-16(3)14-24/h7-8,12,15-16H,4-6,9-11,13-14H2,1-3H3,(H2,22,23,25). The van der Waals surface area contributed by atoms with E-state index < -0.39 is 0 Å². The molecule has 1 heterocycles. The van der Waals surface area contributed by atoms with Crippen LogP contribution in [0.25, 0.3) is 0 Å². The zero-order chi connectivity index (χ0) is 19.6. The Morgan fingerprint density at radius 1 is 1.26 bits per heavy atom. The molecule has 0 saturated carbocycles. The van der Waals surface area contributed by atoms with Gasteiger partial charge in [0.15, 0.2) is 0 Å². The average molecular weight is 381 g/mol. The van der Waals surface area contributed by atoms with E-state index >= 15 is 0 Å². The van der Waals surface area contributed by atoms with Gasteiger partial charge in [-0.3, -0.25) is 0 Å². The molecular weight excluding hydrogens is 349 g/mol. The molecule has 152 valence electrons. The SMILES string of the molecule is CCCCOCCCNC(=O)Nc1ccc(N2CC(C)OC(C)C2)c(F)c1. The van der Waals surface area contributed by atoms with Gasteiger partial charge < -0.3 is 25.0 Å². The third kappa shape index (κ3) is 7.34. The predicted molar refractivity (Wildman–Crippen MR) is 106 cm³/mol. The summed E-state index contributed by atoms with van der Waals surface area (Å²) in [5, 5.41) is 5.42. The Hall–Kier alpha value is -1.86. The third-order valence-electron chi connectivity index (χ3n) is 4.36. The van der Waals surface area contributed by atoms with E-state index in [1.54, 1.807) is 12.1 Å². The van der Waals surface area contributed by atoms with Crippen molar-refractivity contribution in [3.63, 3.8) is 0 Å². The molecule has 2 rings (SSSR count). The Kier molecular flexibility index (Phi) is 8.81. The van der Waals surface area contributed by atoms with Gasteiger partial charge in [0, 0.05) is 38.5 Å². The largest absolute Gasteiger partial charge is 0.381 e. The van der Waals surface area contributed by atoms with Gasteiger partial charge in [0.25, 0.3) is 0 Å². The van der Waals surface area contributed by atoms with Gasteiger partial charge in [-0.1, -0.05) is 13.3 Å². The summed E-state index contributed by atoms with van der Waals surface area (Å²) in [6.07, 6.45) is 3.03. The normalized spacial score (nSPS) is 19.8. The van der Waals surface area contributed by atoms with Gasteiger partial charge >= 0.3 is 6.03 Å². The highest BCUT2D eigenvalue weighted by Gasteiger charge is 2.24. The van der Waals surface area contributed by atoms with Crippen molar-refractivity contribution in [2.24, 2.45) is 0 Å². The zero-order valence-corrected chi connectivity index (χ0v) is 16.6. The lowest BCUT2D eigenvalue weighted by molar-refractivity contribution is -0.00539. The fraction of sp³-hybridized carbons (Fsp3) is 0.650. The number of carbonyl (C=O) groups is 1. The van der Waals surface area contributed by atoms with Crippen LogP contribution in [0.15, 0.2) is 18.2 Å². The minimum absolute atomic E-state index is 0.0580. The van der Waals surface area contributed by atoms with Crippen LogP contribution >= 0.6 is 0 Å². The number of morpholine rings is 1. The van der Waals surface area contributed by atoms with Gasteiger partial charge in [0.05, 0.1) is 17.9 Å². The molecule has 0 aliphatic carbocycles. The molecule has 1 aromatic rings. The highest BCUT2D eigenvalue weighted by atomic mass is 19.1. The fourth-order valence-electron chi connectivity index (χ4n) is 3.12. The van der Waals surface area contributed by atoms with Crippen LogP contribution < -0.4 is 15.5 Å². The van der Waals surface area contributed by atoms with Crippen LogP contribution in [0, 0.1) is 5.82 Å². The molecule has 0 spiro atoms. The molecule has 1 aromatic carbocycles. The lowest BCUT2D eigenvalue weighted by atomic mass is 10.2. The average Bonchev–Trinajstić information content (AvgIpc) is 2.60. The van der Waals surface area contributed by atoms with E-state index in [1.165, 1.54) is 6.07 Å². The molecule has 2 atom stereocenters.